The van der Waals surface area contributed by atoms with E-state index in [4.69, 9.17) is 9.47 Å². The number of hydrogen-bond acceptors (Lipinski definition) is 5. The maximum absolute atomic E-state index is 13.4. The molecule has 1 heterocycles. The van der Waals surface area contributed by atoms with Crippen LogP contribution in [0.25, 0.3) is 0 Å². The van der Waals surface area contributed by atoms with Crippen LogP contribution in [0.3, 0.4) is 0 Å². The number of aromatic amines is 1. The summed E-state index contributed by atoms with van der Waals surface area (Å²) in [6.45, 7) is 0.231. The van der Waals surface area contributed by atoms with Crippen molar-refractivity contribution in [3.63, 3.8) is 0 Å². The van der Waals surface area contributed by atoms with Crippen LogP contribution in [0.5, 0.6) is 5.75 Å². The van der Waals surface area contributed by atoms with Crippen molar-refractivity contribution in [3.8, 4) is 5.75 Å². The molecule has 0 spiro atoms. The molecule has 1 fully saturated rings. The van der Waals surface area contributed by atoms with Crippen molar-refractivity contribution in [3.05, 3.63) is 57.5 Å². The van der Waals surface area contributed by atoms with Crippen LogP contribution in [0, 0.1) is 5.82 Å². The predicted molar refractivity (Wildman–Crippen MR) is 91.8 cm³/mol. The number of rotatable bonds is 6. The molecular formula is C18H20FN3O4. The van der Waals surface area contributed by atoms with Gasteiger partial charge in [0.05, 0.1) is 18.4 Å². The summed E-state index contributed by atoms with van der Waals surface area (Å²) in [6, 6.07) is 5.22. The van der Waals surface area contributed by atoms with Crippen molar-refractivity contribution in [2.45, 2.75) is 31.4 Å². The van der Waals surface area contributed by atoms with E-state index in [1.54, 1.807) is 0 Å². The molecule has 0 radical (unpaired) electrons. The summed E-state index contributed by atoms with van der Waals surface area (Å²) in [5.74, 6) is 0.00407. The molecule has 1 aromatic heterocycles. The van der Waals surface area contributed by atoms with Gasteiger partial charge in [-0.2, -0.15) is 0 Å². The third-order valence-electron chi connectivity index (χ3n) is 4.39. The lowest BCUT2D eigenvalue weighted by Gasteiger charge is -2.35. The second kappa shape index (κ2) is 7.65. The van der Waals surface area contributed by atoms with Crippen LogP contribution < -0.4 is 15.6 Å². The van der Waals surface area contributed by atoms with E-state index < -0.39 is 5.82 Å². The zero-order valence-corrected chi connectivity index (χ0v) is 14.5. The molecule has 7 nitrogen and oxygen atoms in total. The van der Waals surface area contributed by atoms with E-state index >= 15 is 0 Å². The molecule has 26 heavy (non-hydrogen) atoms. The van der Waals surface area contributed by atoms with Crippen LogP contribution in [-0.2, 0) is 11.3 Å². The molecule has 1 saturated carbocycles. The van der Waals surface area contributed by atoms with Crippen molar-refractivity contribution in [1.29, 1.82) is 0 Å². The molecular weight excluding hydrogens is 341 g/mol. The Morgan fingerprint density at radius 1 is 1.35 bits per heavy atom. The van der Waals surface area contributed by atoms with E-state index in [0.717, 1.165) is 6.07 Å². The lowest BCUT2D eigenvalue weighted by Crippen LogP contribution is -2.44. The van der Waals surface area contributed by atoms with Gasteiger partial charge >= 0.3 is 0 Å². The Bertz CT molecular complexity index is 862. The fourth-order valence-corrected chi connectivity index (χ4v) is 3.04. The molecule has 0 unspecified atom stereocenters. The number of methoxy groups -OCH3 is 2. The summed E-state index contributed by atoms with van der Waals surface area (Å²) >= 11 is 0. The van der Waals surface area contributed by atoms with Gasteiger partial charge in [0.25, 0.3) is 11.5 Å². The van der Waals surface area contributed by atoms with Crippen molar-refractivity contribution >= 4 is 5.91 Å². The van der Waals surface area contributed by atoms with Gasteiger partial charge in [-0.05, 0) is 31.0 Å². The minimum Gasteiger partial charge on any atom is -0.496 e. The molecule has 0 aliphatic heterocycles. The molecule has 2 N–H and O–H groups in total. The van der Waals surface area contributed by atoms with Crippen molar-refractivity contribution in [1.82, 2.24) is 15.3 Å². The first-order chi connectivity index (χ1) is 12.5. The lowest BCUT2D eigenvalue weighted by atomic mass is 9.78. The predicted octanol–water partition coefficient (Wildman–Crippen LogP) is 1.74. The largest absolute Gasteiger partial charge is 0.496 e. The summed E-state index contributed by atoms with van der Waals surface area (Å²) in [5.41, 5.74) is 0.626. The summed E-state index contributed by atoms with van der Waals surface area (Å²) in [6.07, 6.45) is 1.32. The summed E-state index contributed by atoms with van der Waals surface area (Å²) in [5, 5.41) is 2.86. The Morgan fingerprint density at radius 3 is 2.81 bits per heavy atom. The SMILES string of the molecule is COCc1nc(C2CC(NC(=O)c3cc(F)ccc3OC)C2)cc(=O)[nH]1. The highest BCUT2D eigenvalue weighted by molar-refractivity contribution is 5.97. The van der Waals surface area contributed by atoms with E-state index in [0.29, 0.717) is 30.1 Å². The minimum atomic E-state index is -0.499. The average Bonchev–Trinajstić information content (AvgIpc) is 2.57. The number of benzene rings is 1. The van der Waals surface area contributed by atoms with Crippen LogP contribution >= 0.6 is 0 Å². The Morgan fingerprint density at radius 2 is 2.12 bits per heavy atom. The quantitative estimate of drug-likeness (QED) is 0.817. The standard InChI is InChI=1S/C18H20FN3O4/c1-25-9-16-21-14(8-17(23)22-16)10-5-12(6-10)20-18(24)13-7-11(19)3-4-15(13)26-2/h3-4,7-8,10,12H,5-6,9H2,1-2H3,(H,20,24)(H,21,22,23). The number of hydrogen-bond donors (Lipinski definition) is 2. The van der Waals surface area contributed by atoms with Gasteiger partial charge in [0.15, 0.2) is 0 Å². The second-order valence-electron chi connectivity index (χ2n) is 6.23. The average molecular weight is 361 g/mol. The molecule has 0 atom stereocenters. The fourth-order valence-electron chi connectivity index (χ4n) is 3.04. The van der Waals surface area contributed by atoms with Gasteiger partial charge < -0.3 is 19.8 Å². The van der Waals surface area contributed by atoms with Crippen LogP contribution in [-0.4, -0.2) is 36.1 Å². The van der Waals surface area contributed by atoms with Crippen LogP contribution in [0.1, 0.15) is 40.6 Å². The van der Waals surface area contributed by atoms with E-state index in [1.165, 1.54) is 32.4 Å². The van der Waals surface area contributed by atoms with Gasteiger partial charge in [-0.1, -0.05) is 0 Å². The highest BCUT2D eigenvalue weighted by Crippen LogP contribution is 2.35. The highest BCUT2D eigenvalue weighted by Gasteiger charge is 2.33. The van der Waals surface area contributed by atoms with Crippen molar-refractivity contribution in [2.24, 2.45) is 0 Å². The van der Waals surface area contributed by atoms with Crippen LogP contribution in [0.15, 0.2) is 29.1 Å². The number of nitrogens with zero attached hydrogens (tertiary/aromatic N) is 1. The molecule has 1 amide bonds. The number of carbonyl (C=O) groups excluding carboxylic acids is 1. The third kappa shape index (κ3) is 3.91. The van der Waals surface area contributed by atoms with E-state index in [9.17, 15) is 14.0 Å². The van der Waals surface area contributed by atoms with Gasteiger partial charge in [0, 0.05) is 25.1 Å². The topological polar surface area (TPSA) is 93.3 Å². The van der Waals surface area contributed by atoms with Gasteiger partial charge in [-0.3, -0.25) is 9.59 Å². The molecule has 1 aromatic carbocycles. The van der Waals surface area contributed by atoms with Gasteiger partial charge in [0.1, 0.15) is 24.0 Å². The first-order valence-corrected chi connectivity index (χ1v) is 8.23. The Balaban J connectivity index is 1.63. The maximum Gasteiger partial charge on any atom is 0.255 e. The molecule has 8 heteroatoms. The first kappa shape index (κ1) is 18.1. The van der Waals surface area contributed by atoms with Gasteiger partial charge in [-0.15, -0.1) is 0 Å². The summed E-state index contributed by atoms with van der Waals surface area (Å²) < 4.78 is 23.5. The Labute approximate surface area is 149 Å². The number of nitrogens with one attached hydrogen (secondary N) is 2. The fraction of sp³-hybridized carbons (Fsp3) is 0.389. The number of carbonyl (C=O) groups is 1. The lowest BCUT2D eigenvalue weighted by molar-refractivity contribution is 0.0904. The molecule has 2 aromatic rings. The van der Waals surface area contributed by atoms with E-state index in [2.05, 4.69) is 15.3 Å². The number of H-pyrrole nitrogens is 1. The number of amides is 1. The zero-order valence-electron chi connectivity index (χ0n) is 14.5. The Kier molecular flexibility index (Phi) is 5.32. The minimum absolute atomic E-state index is 0.0626. The molecule has 0 bridgehead atoms. The molecule has 0 saturated heterocycles. The first-order valence-electron chi connectivity index (χ1n) is 8.23. The smallest absolute Gasteiger partial charge is 0.255 e. The molecule has 1 aliphatic rings. The second-order valence-corrected chi connectivity index (χ2v) is 6.23. The zero-order chi connectivity index (χ0) is 18.7. The molecule has 1 aliphatic carbocycles. The molecule has 138 valence electrons. The number of ether oxygens (including phenoxy) is 2. The van der Waals surface area contributed by atoms with Gasteiger partial charge in [0.2, 0.25) is 0 Å². The summed E-state index contributed by atoms with van der Waals surface area (Å²) in [4.78, 5) is 31.1. The maximum atomic E-state index is 13.4. The van der Waals surface area contributed by atoms with E-state index in [1.807, 2.05) is 0 Å². The third-order valence-corrected chi connectivity index (χ3v) is 4.39. The van der Waals surface area contributed by atoms with Crippen LogP contribution in [0.2, 0.25) is 0 Å². The van der Waals surface area contributed by atoms with Gasteiger partial charge in [-0.25, -0.2) is 9.37 Å². The summed E-state index contributed by atoms with van der Waals surface area (Å²) in [7, 11) is 2.96. The molecule has 3 rings (SSSR count). The number of aromatic nitrogens is 2. The van der Waals surface area contributed by atoms with E-state index in [-0.39, 0.29) is 35.6 Å². The normalized spacial score (nSPS) is 18.9. The van der Waals surface area contributed by atoms with Crippen molar-refractivity contribution in [2.75, 3.05) is 14.2 Å². The number of halogens is 1. The monoisotopic (exact) mass is 361 g/mol. The van der Waals surface area contributed by atoms with Crippen LogP contribution in [0.4, 0.5) is 4.39 Å². The Hall–Kier alpha value is -2.74. The van der Waals surface area contributed by atoms with Crippen molar-refractivity contribution < 1.29 is 18.7 Å². The highest BCUT2D eigenvalue weighted by atomic mass is 19.1.